The third kappa shape index (κ3) is 7.97. The number of hydrogen-bond acceptors (Lipinski definition) is 4. The summed E-state index contributed by atoms with van der Waals surface area (Å²) in [6, 6.07) is 32.2. The van der Waals surface area contributed by atoms with Gasteiger partial charge in [-0.1, -0.05) is 83.9 Å². The second-order valence-electron chi connectivity index (χ2n) is 8.16. The van der Waals surface area contributed by atoms with Crippen LogP contribution in [0.25, 0.3) is 22.3 Å². The third-order valence-electron chi connectivity index (χ3n) is 5.41. The van der Waals surface area contributed by atoms with E-state index in [2.05, 4.69) is 67.6 Å². The number of hydrogen-bond donors (Lipinski definition) is 0. The van der Waals surface area contributed by atoms with Crippen LogP contribution in [-0.2, 0) is 9.59 Å². The molecule has 0 amide bonds. The lowest BCUT2D eigenvalue weighted by Crippen LogP contribution is -2.07. The molecule has 0 radical (unpaired) electrons. The van der Waals surface area contributed by atoms with Crippen molar-refractivity contribution in [3.05, 3.63) is 108 Å². The van der Waals surface area contributed by atoms with Gasteiger partial charge in [0, 0.05) is 6.42 Å². The zero-order valence-corrected chi connectivity index (χ0v) is 20.4. The molecule has 0 saturated carbocycles. The average molecular weight is 467 g/mol. The second-order valence-corrected chi connectivity index (χ2v) is 8.16. The molecular weight excluding hydrogens is 436 g/mol. The van der Waals surface area contributed by atoms with Gasteiger partial charge in [-0.05, 0) is 60.4 Å². The van der Waals surface area contributed by atoms with E-state index in [4.69, 9.17) is 9.47 Å². The fraction of sp³-hybridized carbons (Fsp3) is 0.161. The Kier molecular flexibility index (Phi) is 9.38. The Morgan fingerprint density at radius 3 is 1.37 bits per heavy atom. The minimum atomic E-state index is -0.389. The lowest BCUT2D eigenvalue weighted by atomic mass is 10.0. The van der Waals surface area contributed by atoms with Crippen LogP contribution in [0.2, 0.25) is 0 Å². The standard InChI is InChI=1S/C17H16O3.C14H14O/c1-13-4-6-14(7-5-13)15-8-10-16(11-9-15)20-17(19)3-2-12-18;1-11-3-5-12(6-4-11)13-7-9-14(15-2)10-8-13/h4-12H,2-3H2,1H3;3-10H,1-2H3. The number of carbonyl (C=O) groups is 2. The van der Waals surface area contributed by atoms with Gasteiger partial charge in [0.2, 0.25) is 0 Å². The normalized spacial score (nSPS) is 10.0. The quantitative estimate of drug-likeness (QED) is 0.164. The SMILES string of the molecule is COc1ccc(-c2ccc(C)cc2)cc1.Cc1ccc(-c2ccc(OC(=O)CCC=O)cc2)cc1. The number of benzene rings is 4. The van der Waals surface area contributed by atoms with Crippen molar-refractivity contribution in [1.82, 2.24) is 0 Å². The molecule has 35 heavy (non-hydrogen) atoms. The van der Waals surface area contributed by atoms with Crippen LogP contribution in [0.3, 0.4) is 0 Å². The average Bonchev–Trinajstić information content (AvgIpc) is 2.89. The number of esters is 1. The smallest absolute Gasteiger partial charge is 0.311 e. The van der Waals surface area contributed by atoms with E-state index >= 15 is 0 Å². The molecule has 4 rings (SSSR count). The van der Waals surface area contributed by atoms with Gasteiger partial charge in [-0.3, -0.25) is 4.79 Å². The highest BCUT2D eigenvalue weighted by Crippen LogP contribution is 2.24. The highest BCUT2D eigenvalue weighted by atomic mass is 16.5. The Bertz CT molecular complexity index is 1210. The van der Waals surface area contributed by atoms with Crippen LogP contribution in [-0.4, -0.2) is 19.4 Å². The predicted molar refractivity (Wildman–Crippen MR) is 141 cm³/mol. The van der Waals surface area contributed by atoms with Crippen LogP contribution >= 0.6 is 0 Å². The summed E-state index contributed by atoms with van der Waals surface area (Å²) >= 11 is 0. The van der Waals surface area contributed by atoms with E-state index in [9.17, 15) is 9.59 Å². The zero-order valence-electron chi connectivity index (χ0n) is 20.4. The fourth-order valence-electron chi connectivity index (χ4n) is 3.35. The molecule has 0 bridgehead atoms. The molecule has 0 heterocycles. The fourth-order valence-corrected chi connectivity index (χ4v) is 3.35. The lowest BCUT2D eigenvalue weighted by Gasteiger charge is -2.05. The molecule has 0 fully saturated rings. The first kappa shape index (κ1) is 25.4. The summed E-state index contributed by atoms with van der Waals surface area (Å²) in [6.07, 6.45) is 1.02. The second kappa shape index (κ2) is 12.9. The van der Waals surface area contributed by atoms with Gasteiger partial charge < -0.3 is 14.3 Å². The van der Waals surface area contributed by atoms with Crippen LogP contribution in [0.15, 0.2) is 97.1 Å². The Balaban J connectivity index is 0.000000203. The van der Waals surface area contributed by atoms with Crippen LogP contribution in [0.5, 0.6) is 11.5 Å². The van der Waals surface area contributed by atoms with Crippen molar-refractivity contribution in [2.45, 2.75) is 26.7 Å². The molecule has 4 nitrogen and oxygen atoms in total. The summed E-state index contributed by atoms with van der Waals surface area (Å²) in [5, 5.41) is 0. The van der Waals surface area contributed by atoms with Crippen molar-refractivity contribution < 1.29 is 19.1 Å². The topological polar surface area (TPSA) is 52.6 Å². The molecule has 0 aromatic heterocycles. The van der Waals surface area contributed by atoms with Gasteiger partial charge in [0.05, 0.1) is 13.5 Å². The molecule has 4 aromatic carbocycles. The van der Waals surface area contributed by atoms with Crippen LogP contribution < -0.4 is 9.47 Å². The maximum Gasteiger partial charge on any atom is 0.311 e. The Labute approximate surface area is 207 Å². The number of methoxy groups -OCH3 is 1. The molecule has 4 aromatic rings. The van der Waals surface area contributed by atoms with Gasteiger partial charge >= 0.3 is 5.97 Å². The summed E-state index contributed by atoms with van der Waals surface area (Å²) in [7, 11) is 1.68. The first-order valence-electron chi connectivity index (χ1n) is 11.5. The van der Waals surface area contributed by atoms with Crippen LogP contribution in [0.4, 0.5) is 0 Å². The molecule has 0 spiro atoms. The first-order chi connectivity index (χ1) is 17.0. The van der Waals surface area contributed by atoms with Crippen LogP contribution in [0, 0.1) is 13.8 Å². The molecule has 0 atom stereocenters. The Morgan fingerprint density at radius 2 is 1.00 bits per heavy atom. The van der Waals surface area contributed by atoms with Gasteiger partial charge in [0.25, 0.3) is 0 Å². The summed E-state index contributed by atoms with van der Waals surface area (Å²) < 4.78 is 10.3. The Morgan fingerprint density at radius 1 is 0.629 bits per heavy atom. The Hall–Kier alpha value is -4.18. The van der Waals surface area contributed by atoms with E-state index in [-0.39, 0.29) is 18.8 Å². The van der Waals surface area contributed by atoms with E-state index in [0.29, 0.717) is 12.0 Å². The molecule has 0 saturated heterocycles. The molecule has 0 aliphatic carbocycles. The van der Waals surface area contributed by atoms with Gasteiger partial charge in [0.15, 0.2) is 0 Å². The van der Waals surface area contributed by atoms with Gasteiger partial charge in [-0.15, -0.1) is 0 Å². The monoisotopic (exact) mass is 466 g/mol. The minimum absolute atomic E-state index is 0.114. The van der Waals surface area contributed by atoms with Crippen molar-refractivity contribution in [3.63, 3.8) is 0 Å². The summed E-state index contributed by atoms with van der Waals surface area (Å²) in [4.78, 5) is 21.6. The lowest BCUT2D eigenvalue weighted by molar-refractivity contribution is -0.135. The maximum atomic E-state index is 11.4. The number of ether oxygens (including phenoxy) is 2. The van der Waals surface area contributed by atoms with Crippen LogP contribution in [0.1, 0.15) is 24.0 Å². The largest absolute Gasteiger partial charge is 0.497 e. The zero-order chi connectivity index (χ0) is 25.0. The van der Waals surface area contributed by atoms with Gasteiger partial charge in [-0.2, -0.15) is 0 Å². The molecular formula is C31H30O4. The van der Waals surface area contributed by atoms with E-state index in [1.165, 1.54) is 22.3 Å². The maximum absolute atomic E-state index is 11.4. The van der Waals surface area contributed by atoms with E-state index in [1.807, 2.05) is 31.2 Å². The number of aryl methyl sites for hydroxylation is 2. The molecule has 0 N–H and O–H groups in total. The molecule has 0 aliphatic heterocycles. The highest BCUT2D eigenvalue weighted by Gasteiger charge is 2.05. The highest BCUT2D eigenvalue weighted by molar-refractivity contribution is 5.75. The van der Waals surface area contributed by atoms with Crippen molar-refractivity contribution >= 4 is 12.3 Å². The molecule has 4 heteroatoms. The molecule has 0 aliphatic rings. The van der Waals surface area contributed by atoms with Crippen molar-refractivity contribution in [1.29, 1.82) is 0 Å². The van der Waals surface area contributed by atoms with E-state index in [1.54, 1.807) is 19.2 Å². The van der Waals surface area contributed by atoms with E-state index in [0.717, 1.165) is 16.9 Å². The number of rotatable bonds is 7. The van der Waals surface area contributed by atoms with Gasteiger partial charge in [-0.25, -0.2) is 0 Å². The minimum Gasteiger partial charge on any atom is -0.497 e. The number of carbonyl (C=O) groups excluding carboxylic acids is 2. The van der Waals surface area contributed by atoms with Crippen molar-refractivity contribution in [3.8, 4) is 33.8 Å². The molecule has 178 valence electrons. The van der Waals surface area contributed by atoms with Crippen molar-refractivity contribution in [2.24, 2.45) is 0 Å². The summed E-state index contributed by atoms with van der Waals surface area (Å²) in [5.74, 6) is 1.00. The number of aldehydes is 1. The van der Waals surface area contributed by atoms with E-state index < -0.39 is 0 Å². The summed E-state index contributed by atoms with van der Waals surface area (Å²) in [5.41, 5.74) is 7.15. The predicted octanol–water partition coefficient (Wildman–Crippen LogP) is 7.22. The van der Waals surface area contributed by atoms with Gasteiger partial charge in [0.1, 0.15) is 17.8 Å². The first-order valence-corrected chi connectivity index (χ1v) is 11.5. The molecule has 0 unspecified atom stereocenters. The summed E-state index contributed by atoms with van der Waals surface area (Å²) in [6.45, 7) is 4.14. The third-order valence-corrected chi connectivity index (χ3v) is 5.41. The van der Waals surface area contributed by atoms with Crippen molar-refractivity contribution in [2.75, 3.05) is 7.11 Å².